The molecule has 1 aromatic carbocycles. The third-order valence-electron chi connectivity index (χ3n) is 3.42. The van der Waals surface area contributed by atoms with Gasteiger partial charge in [0.1, 0.15) is 5.75 Å². The standard InChI is InChI=1S/C13H14N2O2/c1-17-9-5-6-10-11(8-9)15-13(14-10)7-3-2-4-12(13)16/h5-6,8H,2-4,7H2,1H3. The maximum Gasteiger partial charge on any atom is 0.209 e. The van der Waals surface area contributed by atoms with E-state index in [1.807, 2.05) is 18.2 Å². The van der Waals surface area contributed by atoms with E-state index < -0.39 is 5.66 Å². The lowest BCUT2D eigenvalue weighted by atomic mass is 9.89. The average molecular weight is 230 g/mol. The van der Waals surface area contributed by atoms with Gasteiger partial charge in [-0.2, -0.15) is 0 Å². The molecule has 1 aliphatic carbocycles. The molecule has 0 N–H and O–H groups in total. The molecule has 1 aliphatic heterocycles. The quantitative estimate of drug-likeness (QED) is 0.716. The van der Waals surface area contributed by atoms with Crippen LogP contribution in [-0.4, -0.2) is 18.6 Å². The van der Waals surface area contributed by atoms with Crippen LogP contribution in [0.25, 0.3) is 0 Å². The molecular weight excluding hydrogens is 216 g/mol. The smallest absolute Gasteiger partial charge is 0.209 e. The molecule has 4 heteroatoms. The van der Waals surface area contributed by atoms with Gasteiger partial charge in [-0.3, -0.25) is 4.79 Å². The van der Waals surface area contributed by atoms with E-state index >= 15 is 0 Å². The van der Waals surface area contributed by atoms with Crippen molar-refractivity contribution < 1.29 is 9.53 Å². The zero-order valence-corrected chi connectivity index (χ0v) is 9.77. The molecule has 1 fully saturated rings. The minimum absolute atomic E-state index is 0.152. The molecule has 1 heterocycles. The van der Waals surface area contributed by atoms with Crippen molar-refractivity contribution in [3.8, 4) is 5.75 Å². The Balaban J connectivity index is 2.13. The number of rotatable bonds is 1. The van der Waals surface area contributed by atoms with Crippen LogP contribution >= 0.6 is 0 Å². The molecule has 1 unspecified atom stereocenters. The summed E-state index contributed by atoms with van der Waals surface area (Å²) in [6.45, 7) is 0. The van der Waals surface area contributed by atoms with Gasteiger partial charge in [-0.15, -0.1) is 0 Å². The highest BCUT2D eigenvalue weighted by atomic mass is 16.5. The van der Waals surface area contributed by atoms with Gasteiger partial charge in [0.25, 0.3) is 0 Å². The van der Waals surface area contributed by atoms with Crippen molar-refractivity contribution in [1.82, 2.24) is 0 Å². The van der Waals surface area contributed by atoms with Crippen molar-refractivity contribution in [3.05, 3.63) is 28.9 Å². The van der Waals surface area contributed by atoms with Crippen LogP contribution in [0.4, 0.5) is 0 Å². The van der Waals surface area contributed by atoms with E-state index in [2.05, 4.69) is 9.98 Å². The molecule has 2 aliphatic rings. The van der Waals surface area contributed by atoms with Gasteiger partial charge in [0.15, 0.2) is 5.78 Å². The van der Waals surface area contributed by atoms with Crippen LogP contribution in [0.5, 0.6) is 5.75 Å². The molecule has 0 aromatic heterocycles. The fourth-order valence-corrected chi connectivity index (χ4v) is 2.47. The summed E-state index contributed by atoms with van der Waals surface area (Å²) in [5.41, 5.74) is -0.813. The topological polar surface area (TPSA) is 51.0 Å². The molecule has 1 atom stereocenters. The summed E-state index contributed by atoms with van der Waals surface area (Å²) in [7, 11) is 1.62. The molecule has 1 saturated carbocycles. The number of carbonyl (C=O) groups excluding carboxylic acids is 1. The molecule has 0 bridgehead atoms. The summed E-state index contributed by atoms with van der Waals surface area (Å²) >= 11 is 0. The average Bonchev–Trinajstić information content (AvgIpc) is 2.71. The van der Waals surface area contributed by atoms with Crippen LogP contribution in [0.15, 0.2) is 28.2 Å². The van der Waals surface area contributed by atoms with Crippen molar-refractivity contribution in [2.45, 2.75) is 31.3 Å². The number of fused-ring (bicyclic) bond motifs is 1. The summed E-state index contributed by atoms with van der Waals surface area (Å²) in [6, 6.07) is 5.56. The molecule has 0 saturated heterocycles. The maximum absolute atomic E-state index is 12.0. The molecular formula is C13H14N2O2. The Hall–Kier alpha value is -1.71. The minimum Gasteiger partial charge on any atom is -0.497 e. The first-order valence-electron chi connectivity index (χ1n) is 5.91. The highest BCUT2D eigenvalue weighted by Crippen LogP contribution is 2.30. The zero-order valence-electron chi connectivity index (χ0n) is 9.77. The predicted molar refractivity (Wildman–Crippen MR) is 61.5 cm³/mol. The normalized spacial score (nSPS) is 26.3. The lowest BCUT2D eigenvalue weighted by Gasteiger charge is -2.25. The van der Waals surface area contributed by atoms with Crippen LogP contribution in [-0.2, 0) is 4.79 Å². The van der Waals surface area contributed by atoms with Crippen LogP contribution < -0.4 is 15.5 Å². The second kappa shape index (κ2) is 3.65. The number of Topliss-reactive ketones (excluding diaryl/α,β-unsaturated/α-hetero) is 1. The third kappa shape index (κ3) is 1.55. The Morgan fingerprint density at radius 2 is 2.06 bits per heavy atom. The number of methoxy groups -OCH3 is 1. The van der Waals surface area contributed by atoms with Gasteiger partial charge in [-0.1, -0.05) is 0 Å². The van der Waals surface area contributed by atoms with Crippen molar-refractivity contribution in [2.24, 2.45) is 9.98 Å². The molecule has 1 spiro atoms. The SMILES string of the molecule is COc1ccc2c(c1)=NC1(CCCCC1=O)N=2. The minimum atomic E-state index is -0.813. The zero-order chi connectivity index (χ0) is 11.9. The molecule has 1 aromatic rings. The second-order valence-electron chi connectivity index (χ2n) is 4.53. The van der Waals surface area contributed by atoms with E-state index in [9.17, 15) is 4.79 Å². The number of benzene rings is 1. The number of nitrogens with zero attached hydrogens (tertiary/aromatic N) is 2. The number of hydrogen-bond donors (Lipinski definition) is 0. The van der Waals surface area contributed by atoms with Gasteiger partial charge in [-0.05, 0) is 25.0 Å². The van der Waals surface area contributed by atoms with Crippen LogP contribution in [0, 0.1) is 0 Å². The number of hydrogen-bond acceptors (Lipinski definition) is 4. The third-order valence-corrected chi connectivity index (χ3v) is 3.42. The van der Waals surface area contributed by atoms with Gasteiger partial charge >= 0.3 is 0 Å². The Kier molecular flexibility index (Phi) is 2.24. The first kappa shape index (κ1) is 10.4. The van der Waals surface area contributed by atoms with Crippen LogP contribution in [0.1, 0.15) is 25.7 Å². The van der Waals surface area contributed by atoms with E-state index in [0.717, 1.165) is 35.7 Å². The molecule has 17 heavy (non-hydrogen) atoms. The predicted octanol–water partition coefficient (Wildman–Crippen LogP) is 0.787. The van der Waals surface area contributed by atoms with E-state index in [4.69, 9.17) is 4.74 Å². The largest absolute Gasteiger partial charge is 0.497 e. The Morgan fingerprint density at radius 1 is 1.24 bits per heavy atom. The van der Waals surface area contributed by atoms with E-state index in [1.54, 1.807) is 7.11 Å². The number of ether oxygens (including phenoxy) is 1. The Bertz CT molecular complexity index is 594. The lowest BCUT2D eigenvalue weighted by molar-refractivity contribution is -0.125. The molecule has 0 radical (unpaired) electrons. The van der Waals surface area contributed by atoms with Crippen molar-refractivity contribution >= 4 is 5.78 Å². The molecule has 4 nitrogen and oxygen atoms in total. The number of ketones is 1. The Morgan fingerprint density at radius 3 is 2.82 bits per heavy atom. The Labute approximate surface area is 99.0 Å². The molecule has 88 valence electrons. The highest BCUT2D eigenvalue weighted by Gasteiger charge is 2.40. The van der Waals surface area contributed by atoms with Gasteiger partial charge in [0, 0.05) is 18.9 Å². The maximum atomic E-state index is 12.0. The summed E-state index contributed by atoms with van der Waals surface area (Å²) in [5.74, 6) is 0.905. The van der Waals surface area contributed by atoms with Crippen LogP contribution in [0.2, 0.25) is 0 Å². The van der Waals surface area contributed by atoms with Gasteiger partial charge in [0.2, 0.25) is 5.66 Å². The van der Waals surface area contributed by atoms with Crippen molar-refractivity contribution in [1.29, 1.82) is 0 Å². The lowest BCUT2D eigenvalue weighted by Crippen LogP contribution is -2.37. The summed E-state index contributed by atoms with van der Waals surface area (Å²) in [4.78, 5) is 21.1. The summed E-state index contributed by atoms with van der Waals surface area (Å²) in [6.07, 6.45) is 3.32. The summed E-state index contributed by atoms with van der Waals surface area (Å²) in [5, 5.41) is 1.58. The fourth-order valence-electron chi connectivity index (χ4n) is 2.47. The van der Waals surface area contributed by atoms with Crippen LogP contribution in [0.3, 0.4) is 0 Å². The first-order chi connectivity index (χ1) is 8.23. The van der Waals surface area contributed by atoms with E-state index in [1.165, 1.54) is 0 Å². The van der Waals surface area contributed by atoms with Crippen molar-refractivity contribution in [2.75, 3.05) is 7.11 Å². The van der Waals surface area contributed by atoms with Gasteiger partial charge in [-0.25, -0.2) is 9.98 Å². The van der Waals surface area contributed by atoms with E-state index in [0.29, 0.717) is 6.42 Å². The van der Waals surface area contributed by atoms with Gasteiger partial charge in [0.05, 0.1) is 17.8 Å². The number of carbonyl (C=O) groups is 1. The first-order valence-corrected chi connectivity index (χ1v) is 5.91. The van der Waals surface area contributed by atoms with Gasteiger partial charge < -0.3 is 4.74 Å². The highest BCUT2D eigenvalue weighted by molar-refractivity contribution is 5.89. The second-order valence-corrected chi connectivity index (χ2v) is 4.53. The fraction of sp³-hybridized carbons (Fsp3) is 0.462. The van der Waals surface area contributed by atoms with Crippen molar-refractivity contribution in [3.63, 3.8) is 0 Å². The molecule has 3 rings (SSSR count). The summed E-state index contributed by atoms with van der Waals surface area (Å²) < 4.78 is 5.16. The molecule has 0 amide bonds. The van der Waals surface area contributed by atoms with E-state index in [-0.39, 0.29) is 5.78 Å². The monoisotopic (exact) mass is 230 g/mol.